The summed E-state index contributed by atoms with van der Waals surface area (Å²) in [5, 5.41) is 11.7. The number of nitrogens with one attached hydrogen (secondary N) is 1. The highest BCUT2D eigenvalue weighted by Crippen LogP contribution is 2.22. The van der Waals surface area contributed by atoms with Gasteiger partial charge in [0.2, 0.25) is 5.91 Å². The van der Waals surface area contributed by atoms with E-state index in [0.29, 0.717) is 6.54 Å². The second-order valence-electron chi connectivity index (χ2n) is 6.29. The van der Waals surface area contributed by atoms with E-state index in [1.165, 1.54) is 11.9 Å². The molecule has 0 spiro atoms. The molecule has 2 aromatic carbocycles. The Morgan fingerprint density at radius 3 is 2.58 bits per heavy atom. The van der Waals surface area contributed by atoms with E-state index in [2.05, 4.69) is 12.3 Å². The van der Waals surface area contributed by atoms with Gasteiger partial charge < -0.3 is 9.84 Å². The van der Waals surface area contributed by atoms with Crippen LogP contribution in [0.3, 0.4) is 0 Å². The van der Waals surface area contributed by atoms with Crippen molar-refractivity contribution in [3.63, 3.8) is 0 Å². The number of anilines is 1. The number of rotatable bonds is 9. The number of amides is 1. The second-order valence-corrected chi connectivity index (χ2v) is 6.29. The molecule has 0 aromatic heterocycles. The minimum absolute atomic E-state index is 0.104. The Morgan fingerprint density at radius 1 is 1.23 bits per heavy atom. The van der Waals surface area contributed by atoms with Crippen LogP contribution in [0, 0.1) is 0 Å². The minimum Gasteiger partial charge on any atom is -0.497 e. The summed E-state index contributed by atoms with van der Waals surface area (Å²) in [5.74, 6) is 0.677. The van der Waals surface area contributed by atoms with Crippen LogP contribution < -0.4 is 15.2 Å². The maximum absolute atomic E-state index is 12.0. The van der Waals surface area contributed by atoms with E-state index in [4.69, 9.17) is 4.74 Å². The summed E-state index contributed by atoms with van der Waals surface area (Å²) >= 11 is 0. The summed E-state index contributed by atoms with van der Waals surface area (Å²) in [7, 11) is 1.63. The Balaban J connectivity index is 2.05. The molecule has 0 aliphatic carbocycles. The zero-order valence-corrected chi connectivity index (χ0v) is 15.7. The van der Waals surface area contributed by atoms with Gasteiger partial charge in [-0.2, -0.15) is 0 Å². The van der Waals surface area contributed by atoms with Gasteiger partial charge in [0.25, 0.3) is 0 Å². The van der Waals surface area contributed by atoms with Crippen molar-refractivity contribution in [3.05, 3.63) is 59.7 Å². The predicted octanol–water partition coefficient (Wildman–Crippen LogP) is 3.98. The van der Waals surface area contributed by atoms with Gasteiger partial charge in [-0.1, -0.05) is 44.0 Å². The quantitative estimate of drug-likeness (QED) is 0.667. The van der Waals surface area contributed by atoms with Crippen molar-refractivity contribution in [1.82, 2.24) is 5.43 Å². The monoisotopic (exact) mass is 356 g/mol. The number of carbonyl (C=O) groups excluding carboxylic acids is 1. The lowest BCUT2D eigenvalue weighted by Gasteiger charge is -2.23. The normalized spacial score (nSPS) is 11.8. The average Bonchev–Trinajstić information content (AvgIpc) is 2.66. The third kappa shape index (κ3) is 5.58. The first-order valence-electron chi connectivity index (χ1n) is 9.00. The van der Waals surface area contributed by atoms with Gasteiger partial charge in [0, 0.05) is 13.5 Å². The highest BCUT2D eigenvalue weighted by molar-refractivity contribution is 5.90. The number of methoxy groups -OCH3 is 1. The van der Waals surface area contributed by atoms with Crippen molar-refractivity contribution >= 4 is 11.6 Å². The van der Waals surface area contributed by atoms with E-state index < -0.39 is 6.10 Å². The standard InChI is InChI=1S/C21H28N2O3/c1-4-5-9-21(25)18-10-12-19(13-11-18)23(16(2)24)22-15-17-7-6-8-20(14-17)26-3/h6-8,10-14,21-22,25H,4-5,9,15H2,1-3H3. The predicted molar refractivity (Wildman–Crippen MR) is 104 cm³/mol. The third-order valence-corrected chi connectivity index (χ3v) is 4.26. The number of nitrogens with zero attached hydrogens (tertiary/aromatic N) is 1. The smallest absolute Gasteiger partial charge is 0.238 e. The molecule has 1 atom stereocenters. The molecule has 1 unspecified atom stereocenters. The molecule has 0 radical (unpaired) electrons. The van der Waals surface area contributed by atoms with Crippen LogP contribution in [0.1, 0.15) is 50.3 Å². The molecular weight excluding hydrogens is 328 g/mol. The van der Waals surface area contributed by atoms with Gasteiger partial charge in [0.15, 0.2) is 0 Å². The molecule has 5 heteroatoms. The van der Waals surface area contributed by atoms with Crippen LogP contribution in [-0.4, -0.2) is 18.1 Å². The fraction of sp³-hybridized carbons (Fsp3) is 0.381. The average molecular weight is 356 g/mol. The van der Waals surface area contributed by atoms with Gasteiger partial charge in [0.05, 0.1) is 18.9 Å². The summed E-state index contributed by atoms with van der Waals surface area (Å²) < 4.78 is 5.23. The first kappa shape index (κ1) is 19.9. The molecule has 0 heterocycles. The lowest BCUT2D eigenvalue weighted by Crippen LogP contribution is -2.41. The zero-order chi connectivity index (χ0) is 18.9. The largest absolute Gasteiger partial charge is 0.497 e. The summed E-state index contributed by atoms with van der Waals surface area (Å²) in [4.78, 5) is 12.0. The Hall–Kier alpha value is -2.37. The highest BCUT2D eigenvalue weighted by Gasteiger charge is 2.13. The van der Waals surface area contributed by atoms with Gasteiger partial charge in [-0.25, -0.2) is 10.4 Å². The lowest BCUT2D eigenvalue weighted by molar-refractivity contribution is -0.117. The highest BCUT2D eigenvalue weighted by atomic mass is 16.5. The molecule has 0 saturated heterocycles. The Kier molecular flexibility index (Phi) is 7.63. The zero-order valence-electron chi connectivity index (χ0n) is 15.7. The molecule has 0 aliphatic rings. The maximum atomic E-state index is 12.0. The van der Waals surface area contributed by atoms with Crippen LogP contribution in [0.2, 0.25) is 0 Å². The Morgan fingerprint density at radius 2 is 1.96 bits per heavy atom. The first-order valence-corrected chi connectivity index (χ1v) is 9.00. The van der Waals surface area contributed by atoms with Gasteiger partial charge in [0.1, 0.15) is 5.75 Å². The fourth-order valence-electron chi connectivity index (χ4n) is 2.75. The maximum Gasteiger partial charge on any atom is 0.238 e. The van der Waals surface area contributed by atoms with Gasteiger partial charge in [-0.05, 0) is 41.8 Å². The molecule has 0 saturated carbocycles. The number of hydrogen-bond donors (Lipinski definition) is 2. The molecule has 2 N–H and O–H groups in total. The van der Waals surface area contributed by atoms with Crippen molar-refractivity contribution in [3.8, 4) is 5.75 Å². The second kappa shape index (κ2) is 9.94. The summed E-state index contributed by atoms with van der Waals surface area (Å²) in [6, 6.07) is 15.2. The molecule has 0 aliphatic heterocycles. The van der Waals surface area contributed by atoms with Gasteiger partial charge >= 0.3 is 0 Å². The lowest BCUT2D eigenvalue weighted by atomic mass is 10.0. The molecule has 0 fully saturated rings. The molecule has 5 nitrogen and oxygen atoms in total. The van der Waals surface area contributed by atoms with Crippen molar-refractivity contribution in [2.45, 2.75) is 45.8 Å². The van der Waals surface area contributed by atoms with Crippen LogP contribution >= 0.6 is 0 Å². The SMILES string of the molecule is CCCCC(O)c1ccc(N(NCc2cccc(OC)c2)C(C)=O)cc1. The Bertz CT molecular complexity index is 701. The number of unbranched alkanes of at least 4 members (excludes halogenated alkanes) is 1. The topological polar surface area (TPSA) is 61.8 Å². The molecule has 1 amide bonds. The molecule has 2 aromatic rings. The molecule has 26 heavy (non-hydrogen) atoms. The Labute approximate surface area is 155 Å². The van der Waals surface area contributed by atoms with E-state index >= 15 is 0 Å². The number of ether oxygens (including phenoxy) is 1. The number of hydrogen-bond acceptors (Lipinski definition) is 4. The van der Waals surface area contributed by atoms with Gasteiger partial charge in [-0.15, -0.1) is 0 Å². The van der Waals surface area contributed by atoms with Crippen molar-refractivity contribution in [2.24, 2.45) is 0 Å². The van der Waals surface area contributed by atoms with Crippen LogP contribution in [0.5, 0.6) is 5.75 Å². The van der Waals surface area contributed by atoms with Crippen LogP contribution in [0.4, 0.5) is 5.69 Å². The fourth-order valence-corrected chi connectivity index (χ4v) is 2.75. The molecule has 140 valence electrons. The number of hydrazine groups is 1. The van der Waals surface area contributed by atoms with E-state index in [9.17, 15) is 9.90 Å². The van der Waals surface area contributed by atoms with E-state index in [1.807, 2.05) is 48.5 Å². The van der Waals surface area contributed by atoms with E-state index in [0.717, 1.165) is 41.8 Å². The van der Waals surface area contributed by atoms with E-state index in [-0.39, 0.29) is 5.91 Å². The molecule has 0 bridgehead atoms. The van der Waals surface area contributed by atoms with Crippen molar-refractivity contribution in [2.75, 3.05) is 12.1 Å². The number of benzene rings is 2. The van der Waals surface area contributed by atoms with Crippen molar-refractivity contribution < 1.29 is 14.6 Å². The van der Waals surface area contributed by atoms with Gasteiger partial charge in [-0.3, -0.25) is 4.79 Å². The summed E-state index contributed by atoms with van der Waals surface area (Å²) in [6.07, 6.45) is 2.34. The van der Waals surface area contributed by atoms with Crippen molar-refractivity contribution in [1.29, 1.82) is 0 Å². The number of aliphatic hydroxyl groups excluding tert-OH is 1. The van der Waals surface area contributed by atoms with Crippen LogP contribution in [0.15, 0.2) is 48.5 Å². The molecule has 2 rings (SSSR count). The first-order chi connectivity index (χ1) is 12.5. The third-order valence-electron chi connectivity index (χ3n) is 4.26. The van der Waals surface area contributed by atoms with E-state index in [1.54, 1.807) is 7.11 Å². The summed E-state index contributed by atoms with van der Waals surface area (Å²) in [6.45, 7) is 4.12. The number of carbonyl (C=O) groups is 1. The molecular formula is C21H28N2O3. The number of aliphatic hydroxyl groups is 1. The summed E-state index contributed by atoms with van der Waals surface area (Å²) in [5.41, 5.74) is 5.78. The minimum atomic E-state index is -0.459. The van der Waals surface area contributed by atoms with Crippen LogP contribution in [-0.2, 0) is 11.3 Å². The van der Waals surface area contributed by atoms with Crippen LogP contribution in [0.25, 0.3) is 0 Å².